The molecule has 1 rings (SSSR count). The summed E-state index contributed by atoms with van der Waals surface area (Å²) in [5.74, 6) is 0.881. The minimum Gasteiger partial charge on any atom is -0.370 e. The van der Waals surface area contributed by atoms with Crippen molar-refractivity contribution in [2.45, 2.75) is 5.37 Å². The summed E-state index contributed by atoms with van der Waals surface area (Å²) in [6, 6.07) is 0. The van der Waals surface area contributed by atoms with Crippen LogP contribution in [0.4, 0.5) is 0 Å². The third kappa shape index (κ3) is 3.52. The molecule has 5 nitrogen and oxygen atoms in total. The van der Waals surface area contributed by atoms with Crippen molar-refractivity contribution in [1.82, 2.24) is 4.98 Å². The molecule has 0 aliphatic carbocycles. The Morgan fingerprint density at radius 1 is 1.64 bits per heavy atom. The zero-order chi connectivity index (χ0) is 10.4. The molecule has 0 saturated heterocycles. The van der Waals surface area contributed by atoms with Gasteiger partial charge in [0.2, 0.25) is 0 Å². The molecule has 1 atom stereocenters. The summed E-state index contributed by atoms with van der Waals surface area (Å²) in [5.41, 5.74) is 18.7. The van der Waals surface area contributed by atoms with Gasteiger partial charge in [0.15, 0.2) is 5.96 Å². The lowest BCUT2D eigenvalue weighted by Gasteiger charge is -2.08. The van der Waals surface area contributed by atoms with Gasteiger partial charge in [0, 0.05) is 17.7 Å². The highest BCUT2D eigenvalue weighted by atomic mass is 32.2. The number of guanidine groups is 1. The van der Waals surface area contributed by atoms with Crippen LogP contribution in [-0.4, -0.2) is 23.2 Å². The lowest BCUT2D eigenvalue weighted by atomic mass is 10.5. The quantitative estimate of drug-likeness (QED) is 0.493. The summed E-state index contributed by atoms with van der Waals surface area (Å²) in [6.07, 6.45) is 0. The summed E-state index contributed by atoms with van der Waals surface area (Å²) in [6.45, 7) is 0.602. The van der Waals surface area contributed by atoms with Gasteiger partial charge in [-0.1, -0.05) is 0 Å². The fraction of sp³-hybridized carbons (Fsp3) is 0.429. The van der Waals surface area contributed by atoms with Gasteiger partial charge in [-0.3, -0.25) is 0 Å². The second-order valence-electron chi connectivity index (χ2n) is 2.48. The lowest BCUT2D eigenvalue weighted by Crippen LogP contribution is -2.23. The predicted molar refractivity (Wildman–Crippen MR) is 62.2 cm³/mol. The van der Waals surface area contributed by atoms with Gasteiger partial charge in [-0.05, 0) is 0 Å². The molecule has 78 valence electrons. The van der Waals surface area contributed by atoms with Crippen LogP contribution in [-0.2, 0) is 0 Å². The molecule has 0 bridgehead atoms. The van der Waals surface area contributed by atoms with E-state index in [-0.39, 0.29) is 11.3 Å². The Kier molecular flexibility index (Phi) is 4.71. The number of hydrogen-bond acceptors (Lipinski definition) is 5. The van der Waals surface area contributed by atoms with E-state index in [0.29, 0.717) is 6.54 Å². The number of aromatic nitrogens is 1. The van der Waals surface area contributed by atoms with Gasteiger partial charge in [0.1, 0.15) is 5.37 Å². The van der Waals surface area contributed by atoms with Crippen LogP contribution >= 0.6 is 23.1 Å². The van der Waals surface area contributed by atoms with E-state index < -0.39 is 0 Å². The van der Waals surface area contributed by atoms with Gasteiger partial charge in [0.05, 0.1) is 11.2 Å². The first kappa shape index (κ1) is 11.3. The molecule has 1 unspecified atom stereocenters. The fourth-order valence-electron chi connectivity index (χ4n) is 0.848. The van der Waals surface area contributed by atoms with Gasteiger partial charge < -0.3 is 17.2 Å². The molecule has 7 heteroatoms. The van der Waals surface area contributed by atoms with Crippen LogP contribution in [0, 0.1) is 0 Å². The number of hydrogen-bond donors (Lipinski definition) is 3. The second kappa shape index (κ2) is 5.84. The third-order valence-corrected chi connectivity index (χ3v) is 3.10. The van der Waals surface area contributed by atoms with Crippen molar-refractivity contribution in [3.63, 3.8) is 0 Å². The lowest BCUT2D eigenvalue weighted by molar-refractivity contribution is 0.967. The van der Waals surface area contributed by atoms with Crippen molar-refractivity contribution < 1.29 is 0 Å². The van der Waals surface area contributed by atoms with Crippen LogP contribution in [0.25, 0.3) is 0 Å². The van der Waals surface area contributed by atoms with Crippen LogP contribution in [0.1, 0.15) is 11.1 Å². The topological polar surface area (TPSA) is 103 Å². The van der Waals surface area contributed by atoms with Crippen LogP contribution in [0.15, 0.2) is 15.9 Å². The van der Waals surface area contributed by atoms with E-state index >= 15 is 0 Å². The van der Waals surface area contributed by atoms with Crippen LogP contribution in [0.2, 0.25) is 0 Å². The monoisotopic (exact) mass is 231 g/mol. The van der Waals surface area contributed by atoms with E-state index in [2.05, 4.69) is 9.98 Å². The number of thiazole rings is 1. The first-order valence-electron chi connectivity index (χ1n) is 4.02. The molecule has 0 amide bonds. The highest BCUT2D eigenvalue weighted by Crippen LogP contribution is 2.29. The van der Waals surface area contributed by atoms with Crippen LogP contribution < -0.4 is 17.2 Å². The van der Waals surface area contributed by atoms with Crippen molar-refractivity contribution in [3.05, 3.63) is 16.6 Å². The first-order chi connectivity index (χ1) is 6.74. The average molecular weight is 231 g/mol. The maximum Gasteiger partial charge on any atom is 0.187 e. The Bertz CT molecular complexity index is 280. The Morgan fingerprint density at radius 2 is 2.43 bits per heavy atom. The van der Waals surface area contributed by atoms with Crippen LogP contribution in [0.3, 0.4) is 0 Å². The molecule has 1 aromatic rings. The number of aliphatic imine (C=N–C) groups is 1. The van der Waals surface area contributed by atoms with Gasteiger partial charge in [-0.2, -0.15) is 0 Å². The van der Waals surface area contributed by atoms with E-state index in [1.165, 1.54) is 11.3 Å². The zero-order valence-electron chi connectivity index (χ0n) is 7.59. The van der Waals surface area contributed by atoms with Crippen molar-refractivity contribution in [2.75, 3.05) is 12.3 Å². The Morgan fingerprint density at radius 3 is 2.93 bits per heavy atom. The minimum atomic E-state index is -0.130. The summed E-state index contributed by atoms with van der Waals surface area (Å²) in [7, 11) is 0. The van der Waals surface area contributed by atoms with Crippen molar-refractivity contribution in [2.24, 2.45) is 22.2 Å². The van der Waals surface area contributed by atoms with Gasteiger partial charge in [0.25, 0.3) is 0 Å². The third-order valence-electron chi connectivity index (χ3n) is 1.36. The minimum absolute atomic E-state index is 0.0764. The SMILES string of the molecule is NCCSC(N=C(N)N)c1cscn1. The number of thioether (sulfide) groups is 1. The van der Waals surface area contributed by atoms with Crippen molar-refractivity contribution in [3.8, 4) is 0 Å². The highest BCUT2D eigenvalue weighted by molar-refractivity contribution is 7.99. The zero-order valence-corrected chi connectivity index (χ0v) is 9.22. The predicted octanol–water partition coefficient (Wildman–Crippen LogP) is 0.107. The number of nitrogens with zero attached hydrogens (tertiary/aromatic N) is 2. The Balaban J connectivity index is 2.67. The molecule has 1 aromatic heterocycles. The average Bonchev–Trinajstić information content (AvgIpc) is 2.64. The Labute approximate surface area is 90.8 Å². The van der Waals surface area contributed by atoms with Gasteiger partial charge >= 0.3 is 0 Å². The first-order valence-corrected chi connectivity index (χ1v) is 6.01. The molecule has 0 aliphatic heterocycles. The smallest absolute Gasteiger partial charge is 0.187 e. The molecule has 0 radical (unpaired) electrons. The van der Waals surface area contributed by atoms with E-state index in [4.69, 9.17) is 17.2 Å². The largest absolute Gasteiger partial charge is 0.370 e. The van der Waals surface area contributed by atoms with Gasteiger partial charge in [-0.15, -0.1) is 23.1 Å². The summed E-state index contributed by atoms with van der Waals surface area (Å²) >= 11 is 3.10. The van der Waals surface area contributed by atoms with E-state index in [1.807, 2.05) is 5.38 Å². The second-order valence-corrected chi connectivity index (χ2v) is 4.39. The van der Waals surface area contributed by atoms with E-state index in [9.17, 15) is 0 Å². The highest BCUT2D eigenvalue weighted by Gasteiger charge is 2.12. The van der Waals surface area contributed by atoms with E-state index in [1.54, 1.807) is 17.3 Å². The number of rotatable bonds is 5. The molecule has 0 aliphatic rings. The molecule has 0 spiro atoms. The Hall–Kier alpha value is -0.790. The molecule has 0 saturated carbocycles. The summed E-state index contributed by atoms with van der Waals surface area (Å²) < 4.78 is 0. The van der Waals surface area contributed by atoms with Gasteiger partial charge in [-0.25, -0.2) is 9.98 Å². The maximum atomic E-state index is 5.41. The summed E-state index contributed by atoms with van der Waals surface area (Å²) in [4.78, 5) is 8.24. The molecular formula is C7H13N5S2. The molecule has 1 heterocycles. The maximum absolute atomic E-state index is 5.41. The number of nitrogens with two attached hydrogens (primary N) is 3. The fourth-order valence-corrected chi connectivity index (χ4v) is 2.36. The van der Waals surface area contributed by atoms with Crippen molar-refractivity contribution in [1.29, 1.82) is 0 Å². The standard InChI is InChI=1S/C7H13N5S2/c8-1-2-14-6(12-7(9)10)5-3-13-4-11-5/h3-4,6H,1-2,8H2,(H4,9,10,12). The van der Waals surface area contributed by atoms with Crippen molar-refractivity contribution >= 4 is 29.1 Å². The molecule has 0 aromatic carbocycles. The molecular weight excluding hydrogens is 218 g/mol. The summed E-state index contributed by atoms with van der Waals surface area (Å²) in [5, 5.41) is 1.80. The molecule has 14 heavy (non-hydrogen) atoms. The normalized spacial score (nSPS) is 12.4. The molecule has 6 N–H and O–H groups in total. The van der Waals surface area contributed by atoms with Crippen LogP contribution in [0.5, 0.6) is 0 Å². The molecule has 0 fully saturated rings. The van der Waals surface area contributed by atoms with E-state index in [0.717, 1.165) is 11.4 Å².